The number of aromatic nitrogens is 5. The van der Waals surface area contributed by atoms with Crippen LogP contribution < -0.4 is 10.1 Å². The quantitative estimate of drug-likeness (QED) is 0.233. The maximum atomic E-state index is 13.5. The van der Waals surface area contributed by atoms with Gasteiger partial charge in [-0.1, -0.05) is 0 Å². The van der Waals surface area contributed by atoms with Gasteiger partial charge >= 0.3 is 6.18 Å². The van der Waals surface area contributed by atoms with Crippen molar-refractivity contribution in [1.82, 2.24) is 34.9 Å². The Hall–Kier alpha value is -3.99. The Morgan fingerprint density at radius 2 is 2.02 bits per heavy atom. The second-order valence-electron chi connectivity index (χ2n) is 11.3. The number of aromatic amines is 1. The molecule has 1 aliphatic heterocycles. The Labute approximate surface area is 246 Å². The molecule has 1 aliphatic carbocycles. The molecule has 2 fully saturated rings. The van der Waals surface area contributed by atoms with Gasteiger partial charge in [-0.3, -0.25) is 9.58 Å². The molecule has 6 rings (SSSR count). The summed E-state index contributed by atoms with van der Waals surface area (Å²) in [5.41, 5.74) is 1.85. The van der Waals surface area contributed by atoms with Crippen LogP contribution >= 0.6 is 0 Å². The predicted octanol–water partition coefficient (Wildman–Crippen LogP) is 4.24. The number of piperidine rings is 1. The molecule has 0 bridgehead atoms. The molecule has 43 heavy (non-hydrogen) atoms. The summed E-state index contributed by atoms with van der Waals surface area (Å²) in [7, 11) is 0. The third kappa shape index (κ3) is 6.08. The number of hydrogen-bond donors (Lipinski definition) is 3. The highest BCUT2D eigenvalue weighted by atomic mass is 19.4. The van der Waals surface area contributed by atoms with Crippen LogP contribution in [0.4, 0.5) is 13.2 Å². The number of pyridine rings is 2. The topological polar surface area (TPSA) is 128 Å². The number of alkyl halides is 3. The first-order chi connectivity index (χ1) is 20.8. The molecule has 0 atom stereocenters. The van der Waals surface area contributed by atoms with Crippen molar-refractivity contribution in [3.05, 3.63) is 60.3 Å². The zero-order valence-electron chi connectivity index (χ0n) is 23.5. The van der Waals surface area contributed by atoms with E-state index < -0.39 is 11.9 Å². The number of ether oxygens (including phenoxy) is 1. The number of rotatable bonds is 10. The molecule has 2 aliphatic rings. The lowest BCUT2D eigenvalue weighted by Crippen LogP contribution is -2.58. The largest absolute Gasteiger partial charge is 0.474 e. The lowest BCUT2D eigenvalue weighted by Gasteiger charge is -2.52. The fraction of sp³-hybridized carbons (Fsp3) is 0.467. The zero-order valence-corrected chi connectivity index (χ0v) is 23.5. The fourth-order valence-corrected chi connectivity index (χ4v) is 6.28. The van der Waals surface area contributed by atoms with Crippen LogP contribution in [0.1, 0.15) is 43.4 Å². The maximum Gasteiger partial charge on any atom is 0.433 e. The van der Waals surface area contributed by atoms with Crippen molar-refractivity contribution >= 4 is 11.0 Å². The molecular formula is C30H33F3N8O2. The van der Waals surface area contributed by atoms with Crippen LogP contribution in [-0.4, -0.2) is 73.1 Å². The molecule has 13 heteroatoms. The van der Waals surface area contributed by atoms with Crippen molar-refractivity contribution < 1.29 is 23.0 Å². The van der Waals surface area contributed by atoms with Gasteiger partial charge in [-0.25, -0.2) is 9.97 Å². The average molecular weight is 595 g/mol. The van der Waals surface area contributed by atoms with Crippen molar-refractivity contribution in [3.8, 4) is 23.1 Å². The molecule has 10 nitrogen and oxygen atoms in total. The van der Waals surface area contributed by atoms with Gasteiger partial charge in [0.05, 0.1) is 30.8 Å². The van der Waals surface area contributed by atoms with Crippen LogP contribution in [0.3, 0.4) is 0 Å². The summed E-state index contributed by atoms with van der Waals surface area (Å²) in [6.07, 6.45) is 5.93. The van der Waals surface area contributed by atoms with Crippen LogP contribution in [0.5, 0.6) is 5.88 Å². The molecule has 3 N–H and O–H groups in total. The third-order valence-electron chi connectivity index (χ3n) is 8.53. The van der Waals surface area contributed by atoms with Gasteiger partial charge in [-0.15, -0.1) is 0 Å². The minimum Gasteiger partial charge on any atom is -0.474 e. The number of halogens is 3. The average Bonchev–Trinajstić information content (AvgIpc) is 3.65. The van der Waals surface area contributed by atoms with Gasteiger partial charge < -0.3 is 20.1 Å². The fourth-order valence-electron chi connectivity index (χ4n) is 6.28. The van der Waals surface area contributed by atoms with Gasteiger partial charge in [0.1, 0.15) is 17.4 Å². The highest BCUT2D eigenvalue weighted by molar-refractivity contribution is 5.92. The van der Waals surface area contributed by atoms with Crippen molar-refractivity contribution in [2.45, 2.75) is 62.5 Å². The Balaban J connectivity index is 1.08. The molecule has 5 heterocycles. The third-order valence-corrected chi connectivity index (χ3v) is 8.53. The number of likely N-dealkylation sites (tertiary alicyclic amines) is 1. The minimum atomic E-state index is -4.59. The second-order valence-corrected chi connectivity index (χ2v) is 11.3. The Morgan fingerprint density at radius 1 is 1.21 bits per heavy atom. The van der Waals surface area contributed by atoms with Crippen LogP contribution in [0.15, 0.2) is 49.1 Å². The number of aliphatic hydroxyl groups excluding tert-OH is 1. The van der Waals surface area contributed by atoms with E-state index >= 15 is 0 Å². The monoisotopic (exact) mass is 594 g/mol. The molecular weight excluding hydrogens is 561 g/mol. The lowest BCUT2D eigenvalue weighted by molar-refractivity contribution is -0.141. The Kier molecular flexibility index (Phi) is 8.09. The molecule has 0 unspecified atom stereocenters. The molecule has 1 saturated heterocycles. The highest BCUT2D eigenvalue weighted by Crippen LogP contribution is 2.46. The molecule has 0 aromatic carbocycles. The van der Waals surface area contributed by atoms with Crippen molar-refractivity contribution in [1.29, 1.82) is 5.26 Å². The SMILES string of the molecule is N#CC[C@]1(n2cc(-c3ccnc4[nH]ccc34)cn2)C[C@@H](N2CCC(Oc3cc(CNCCO)cc(C(F)(F)F)n3)CC2)C1. The first kappa shape index (κ1) is 29.1. The maximum absolute atomic E-state index is 13.5. The number of nitrogens with zero attached hydrogens (tertiary/aromatic N) is 6. The predicted molar refractivity (Wildman–Crippen MR) is 152 cm³/mol. The number of H-pyrrole nitrogens is 1. The summed E-state index contributed by atoms with van der Waals surface area (Å²) < 4.78 is 48.3. The molecule has 0 amide bonds. The molecule has 1 saturated carbocycles. The van der Waals surface area contributed by atoms with Gasteiger partial charge in [0.15, 0.2) is 0 Å². The van der Waals surface area contributed by atoms with Gasteiger partial charge in [-0.05, 0) is 55.0 Å². The summed E-state index contributed by atoms with van der Waals surface area (Å²) in [6.45, 7) is 1.83. The van der Waals surface area contributed by atoms with Gasteiger partial charge in [-0.2, -0.15) is 23.5 Å². The number of aliphatic hydroxyl groups is 1. The summed E-state index contributed by atoms with van der Waals surface area (Å²) in [5, 5.41) is 27.2. The van der Waals surface area contributed by atoms with Gasteiger partial charge in [0.25, 0.3) is 0 Å². The number of nitrogens with one attached hydrogen (secondary N) is 2. The Bertz CT molecular complexity index is 1600. The smallest absolute Gasteiger partial charge is 0.433 e. The van der Waals surface area contributed by atoms with E-state index in [4.69, 9.17) is 9.84 Å². The van der Waals surface area contributed by atoms with Crippen LogP contribution in [0.2, 0.25) is 0 Å². The van der Waals surface area contributed by atoms with E-state index in [0.717, 1.165) is 54.2 Å². The lowest BCUT2D eigenvalue weighted by atomic mass is 9.69. The van der Waals surface area contributed by atoms with Crippen molar-refractivity contribution in [3.63, 3.8) is 0 Å². The summed E-state index contributed by atoms with van der Waals surface area (Å²) in [4.78, 5) is 13.6. The molecule has 0 radical (unpaired) electrons. The zero-order chi connectivity index (χ0) is 30.0. The molecule has 4 aromatic heterocycles. The van der Waals surface area contributed by atoms with E-state index in [1.165, 1.54) is 6.07 Å². The first-order valence-corrected chi connectivity index (χ1v) is 14.4. The van der Waals surface area contributed by atoms with E-state index in [1.54, 1.807) is 6.20 Å². The van der Waals surface area contributed by atoms with Crippen molar-refractivity contribution in [2.75, 3.05) is 26.2 Å². The molecule has 4 aromatic rings. The van der Waals surface area contributed by atoms with Crippen LogP contribution in [-0.2, 0) is 18.3 Å². The minimum absolute atomic E-state index is 0.0358. The molecule has 226 valence electrons. The van der Waals surface area contributed by atoms with Crippen LogP contribution in [0.25, 0.3) is 22.2 Å². The number of hydrogen-bond acceptors (Lipinski definition) is 8. The normalized spacial score (nSPS) is 21.5. The van der Waals surface area contributed by atoms with Crippen LogP contribution in [0, 0.1) is 11.3 Å². The molecule has 0 spiro atoms. The first-order valence-electron chi connectivity index (χ1n) is 14.4. The highest BCUT2D eigenvalue weighted by Gasteiger charge is 2.49. The summed E-state index contributed by atoms with van der Waals surface area (Å²) in [5.74, 6) is -0.0358. The number of fused-ring (bicyclic) bond motifs is 1. The van der Waals surface area contributed by atoms with Crippen molar-refractivity contribution in [2.24, 2.45) is 0 Å². The second kappa shape index (κ2) is 11.9. The summed E-state index contributed by atoms with van der Waals surface area (Å²) >= 11 is 0. The van der Waals surface area contributed by atoms with Gasteiger partial charge in [0, 0.05) is 67.8 Å². The Morgan fingerprint density at radius 3 is 2.77 bits per heavy atom. The van der Waals surface area contributed by atoms with E-state index in [1.807, 2.05) is 35.4 Å². The number of nitriles is 1. The van der Waals surface area contributed by atoms with E-state index in [-0.39, 0.29) is 43.3 Å². The van der Waals surface area contributed by atoms with Gasteiger partial charge in [0.2, 0.25) is 5.88 Å². The standard InChI is InChI=1S/C30H33F3N8O2/c31-30(32,33)26-13-20(17-35-9-12-42)14-27(39-26)43-23-3-10-40(11-4-23)22-15-29(16-22,5-6-34)41-19-21(18-38-41)24-1-7-36-28-25(24)2-8-37-28/h1-2,7-8,13-14,18-19,22-23,35,42H,3-5,9-12,15-17H2,(H,36,37)/t22-,29+. The van der Waals surface area contributed by atoms with E-state index in [0.29, 0.717) is 24.8 Å². The van der Waals surface area contributed by atoms with E-state index in [9.17, 15) is 18.4 Å². The summed E-state index contributed by atoms with van der Waals surface area (Å²) in [6, 6.07) is 9.14. The van der Waals surface area contributed by atoms with E-state index in [2.05, 4.69) is 36.3 Å².